The van der Waals surface area contributed by atoms with Gasteiger partial charge in [-0.15, -0.1) is 0 Å². The lowest BCUT2D eigenvalue weighted by Crippen LogP contribution is -2.30. The first-order valence-corrected chi connectivity index (χ1v) is 45.8. The molecule has 0 aromatic carbocycles. The minimum absolute atomic E-state index is 0.106. The van der Waals surface area contributed by atoms with Crippen LogP contribution in [-0.4, -0.2) is 96.7 Å². The van der Waals surface area contributed by atoms with E-state index in [1.165, 1.54) is 238 Å². The molecule has 0 saturated heterocycles. The first-order valence-electron chi connectivity index (χ1n) is 42.8. The van der Waals surface area contributed by atoms with Crippen molar-refractivity contribution in [2.75, 3.05) is 39.6 Å². The van der Waals surface area contributed by atoms with Crippen LogP contribution < -0.4 is 0 Å². The lowest BCUT2D eigenvalue weighted by molar-refractivity contribution is -0.161. The Hall–Kier alpha value is -1.94. The third-order valence-electron chi connectivity index (χ3n) is 19.4. The lowest BCUT2D eigenvalue weighted by atomic mass is 10.0. The van der Waals surface area contributed by atoms with Gasteiger partial charge in [0.05, 0.1) is 26.4 Å². The fourth-order valence-corrected chi connectivity index (χ4v) is 14.4. The number of carbonyl (C=O) groups excluding carboxylic acids is 4. The van der Waals surface area contributed by atoms with Gasteiger partial charge < -0.3 is 33.8 Å². The van der Waals surface area contributed by atoms with Crippen molar-refractivity contribution in [1.29, 1.82) is 0 Å². The molecule has 5 atom stereocenters. The van der Waals surface area contributed by atoms with E-state index in [1.54, 1.807) is 0 Å². The van der Waals surface area contributed by atoms with E-state index < -0.39 is 97.5 Å². The molecular weight excluding hydrogens is 1330 g/mol. The van der Waals surface area contributed by atoms with Crippen molar-refractivity contribution >= 4 is 39.5 Å². The van der Waals surface area contributed by atoms with Crippen molar-refractivity contribution in [3.63, 3.8) is 0 Å². The Labute approximate surface area is 626 Å². The van der Waals surface area contributed by atoms with Crippen molar-refractivity contribution in [1.82, 2.24) is 0 Å². The predicted octanol–water partition coefficient (Wildman–Crippen LogP) is 24.9. The smallest absolute Gasteiger partial charge is 0.462 e. The van der Waals surface area contributed by atoms with Crippen LogP contribution in [0.2, 0.25) is 0 Å². The zero-order valence-electron chi connectivity index (χ0n) is 67.1. The molecule has 0 aliphatic heterocycles. The Bertz CT molecular complexity index is 1970. The largest absolute Gasteiger partial charge is 0.472 e. The molecule has 0 amide bonds. The highest BCUT2D eigenvalue weighted by Gasteiger charge is 2.30. The second-order valence-corrected chi connectivity index (χ2v) is 34.2. The second-order valence-electron chi connectivity index (χ2n) is 31.3. The van der Waals surface area contributed by atoms with Crippen LogP contribution in [0.1, 0.15) is 434 Å². The van der Waals surface area contributed by atoms with Crippen LogP contribution in [0.5, 0.6) is 0 Å². The van der Waals surface area contributed by atoms with Crippen LogP contribution >= 0.6 is 15.6 Å². The first kappa shape index (κ1) is 100. The Morgan fingerprint density at radius 2 is 0.451 bits per heavy atom. The predicted molar refractivity (Wildman–Crippen MR) is 418 cm³/mol. The number of hydrogen-bond acceptors (Lipinski definition) is 15. The monoisotopic (exact) mass is 1490 g/mol. The normalized spacial score (nSPS) is 13.9. The number of phosphoric acid groups is 2. The molecule has 0 fully saturated rings. The van der Waals surface area contributed by atoms with Crippen LogP contribution in [0.15, 0.2) is 0 Å². The molecule has 0 saturated carbocycles. The third kappa shape index (κ3) is 76.3. The van der Waals surface area contributed by atoms with Gasteiger partial charge in [-0.05, 0) is 43.4 Å². The molecule has 19 heteroatoms. The molecule has 0 heterocycles. The van der Waals surface area contributed by atoms with Gasteiger partial charge in [0.15, 0.2) is 12.2 Å². The van der Waals surface area contributed by atoms with Gasteiger partial charge in [0.1, 0.15) is 19.3 Å². The van der Waals surface area contributed by atoms with E-state index in [9.17, 15) is 43.2 Å². The number of carbonyl (C=O) groups is 4. The summed E-state index contributed by atoms with van der Waals surface area (Å²) >= 11 is 0. The number of rotatable bonds is 81. The number of esters is 4. The van der Waals surface area contributed by atoms with E-state index in [-0.39, 0.29) is 25.7 Å². The number of phosphoric ester groups is 2. The number of unbranched alkanes of at least 4 members (excludes halogenated alkanes) is 49. The summed E-state index contributed by atoms with van der Waals surface area (Å²) in [7, 11) is -9.92. The van der Waals surface area contributed by atoms with Crippen LogP contribution in [0.25, 0.3) is 0 Å². The summed E-state index contributed by atoms with van der Waals surface area (Å²) in [5.41, 5.74) is 0. The summed E-state index contributed by atoms with van der Waals surface area (Å²) in [6.45, 7) is 11.9. The first-order chi connectivity index (χ1) is 49.2. The zero-order chi connectivity index (χ0) is 75.1. The quantitative estimate of drug-likeness (QED) is 0.0222. The summed E-state index contributed by atoms with van der Waals surface area (Å²) in [5, 5.41) is 10.7. The van der Waals surface area contributed by atoms with E-state index in [0.717, 1.165) is 108 Å². The van der Waals surface area contributed by atoms with Gasteiger partial charge in [-0.3, -0.25) is 37.3 Å². The summed E-state index contributed by atoms with van der Waals surface area (Å²) in [6.07, 6.45) is 62.6. The average molecular weight is 1490 g/mol. The van der Waals surface area contributed by atoms with E-state index >= 15 is 0 Å². The van der Waals surface area contributed by atoms with Gasteiger partial charge in [0.2, 0.25) is 0 Å². The minimum Gasteiger partial charge on any atom is -0.462 e. The molecule has 0 aromatic rings. The van der Waals surface area contributed by atoms with Crippen LogP contribution in [0.4, 0.5) is 0 Å². The van der Waals surface area contributed by atoms with Gasteiger partial charge in [0.25, 0.3) is 0 Å². The Balaban J connectivity index is 5.23. The fraction of sp³-hybridized carbons (Fsp3) is 0.952. The van der Waals surface area contributed by atoms with E-state index in [4.69, 9.17) is 37.0 Å². The van der Waals surface area contributed by atoms with Gasteiger partial charge in [-0.25, -0.2) is 9.13 Å². The Morgan fingerprint density at radius 1 is 0.265 bits per heavy atom. The number of aliphatic hydroxyl groups is 1. The molecule has 17 nitrogen and oxygen atoms in total. The molecule has 606 valence electrons. The molecular formula is C83H162O17P2. The molecule has 0 bridgehead atoms. The van der Waals surface area contributed by atoms with Crippen molar-refractivity contribution in [2.24, 2.45) is 17.8 Å². The SMILES string of the molecule is CCCCCCCCCCCCCCCCCCCCCC(=O)OC[C@H](COP(=O)(O)OC[C@@H](O)COP(=O)(O)OC[C@@H](COC(=O)CCCCCCCCCC(C)C)OC(=O)CCCCCCCCCCCCCC(C)C)OC(=O)CCCCCCCCCCCCCCCCCCC(C)C. The topological polar surface area (TPSA) is 237 Å². The average Bonchev–Trinajstić information content (AvgIpc) is 0.933. The highest BCUT2D eigenvalue weighted by molar-refractivity contribution is 7.47. The van der Waals surface area contributed by atoms with Crippen LogP contribution in [0.3, 0.4) is 0 Å². The Kier molecular flexibility index (Phi) is 71.8. The highest BCUT2D eigenvalue weighted by atomic mass is 31.2. The van der Waals surface area contributed by atoms with Gasteiger partial charge >= 0.3 is 39.5 Å². The molecule has 0 aliphatic carbocycles. The molecule has 102 heavy (non-hydrogen) atoms. The maximum Gasteiger partial charge on any atom is 0.472 e. The molecule has 0 spiro atoms. The number of hydrogen-bond donors (Lipinski definition) is 3. The van der Waals surface area contributed by atoms with Crippen molar-refractivity contribution in [3.05, 3.63) is 0 Å². The fourth-order valence-electron chi connectivity index (χ4n) is 12.8. The molecule has 0 aliphatic rings. The van der Waals surface area contributed by atoms with E-state index in [0.29, 0.717) is 31.6 Å². The summed E-state index contributed by atoms with van der Waals surface area (Å²) in [6, 6.07) is 0. The molecule has 2 unspecified atom stereocenters. The van der Waals surface area contributed by atoms with E-state index in [1.807, 2.05) is 0 Å². The number of ether oxygens (including phenoxy) is 4. The van der Waals surface area contributed by atoms with Crippen molar-refractivity contribution in [3.8, 4) is 0 Å². The maximum atomic E-state index is 13.1. The molecule has 0 aromatic heterocycles. The standard InChI is InChI=1S/C83H162O17P2/c1-8-9-10-11-12-13-14-15-16-17-18-19-23-26-31-36-43-50-57-64-80(85)93-70-78(99-82(87)66-59-52-44-37-32-27-24-21-20-22-25-29-34-40-47-54-61-74(2)3)72-97-101(89,90)95-68-77(84)69-96-102(91,92)98-73-79(71-94-81(86)65-58-51-46-39-42-49-56-63-76(6)7)100-83(88)67-60-53-45-38-33-28-30-35-41-48-55-62-75(4)5/h74-79,84H,8-73H2,1-7H3,(H,89,90)(H,91,92)/t77-,78-,79-/m1/s1. The van der Waals surface area contributed by atoms with E-state index in [2.05, 4.69) is 48.5 Å². The van der Waals surface area contributed by atoms with Gasteiger partial charge in [0, 0.05) is 25.7 Å². The van der Waals surface area contributed by atoms with Crippen LogP contribution in [0, 0.1) is 17.8 Å². The van der Waals surface area contributed by atoms with Gasteiger partial charge in [-0.2, -0.15) is 0 Å². The molecule has 0 rings (SSSR count). The Morgan fingerprint density at radius 3 is 0.667 bits per heavy atom. The zero-order valence-corrected chi connectivity index (χ0v) is 68.9. The second kappa shape index (κ2) is 73.2. The third-order valence-corrected chi connectivity index (χ3v) is 21.3. The minimum atomic E-state index is -4.96. The highest BCUT2D eigenvalue weighted by Crippen LogP contribution is 2.45. The molecule has 3 N–H and O–H groups in total. The maximum absolute atomic E-state index is 13.1. The van der Waals surface area contributed by atoms with Crippen molar-refractivity contribution < 1.29 is 80.2 Å². The van der Waals surface area contributed by atoms with Crippen molar-refractivity contribution in [2.45, 2.75) is 452 Å². The van der Waals surface area contributed by atoms with Gasteiger partial charge in [-0.1, -0.05) is 382 Å². The number of aliphatic hydroxyl groups excluding tert-OH is 1. The summed E-state index contributed by atoms with van der Waals surface area (Å²) < 4.78 is 68.8. The molecule has 0 radical (unpaired) electrons. The summed E-state index contributed by atoms with van der Waals surface area (Å²) in [4.78, 5) is 73.1. The summed E-state index contributed by atoms with van der Waals surface area (Å²) in [5.74, 6) is 0.170. The lowest BCUT2D eigenvalue weighted by Gasteiger charge is -2.21. The van der Waals surface area contributed by atoms with Crippen LogP contribution in [-0.2, 0) is 65.4 Å².